The predicted molar refractivity (Wildman–Crippen MR) is 86.4 cm³/mol. The van der Waals surface area contributed by atoms with Crippen molar-refractivity contribution >= 4 is 6.41 Å². The fourth-order valence-electron chi connectivity index (χ4n) is 2.25. The van der Waals surface area contributed by atoms with Gasteiger partial charge in [0, 0.05) is 12.1 Å². The van der Waals surface area contributed by atoms with Gasteiger partial charge in [0.15, 0.2) is 5.82 Å². The number of carbonyl (C=O) groups is 1. The standard InChI is InChI=1S/C17H13F3N4O2/c18-17(19,20)26-15-7-5-14(6-8-15)24-10-22-16(23-24)13-3-1-12(2-4-13)9-21-11-25/h1-8,10-11H,9H2,(H,21,25). The average molecular weight is 362 g/mol. The summed E-state index contributed by atoms with van der Waals surface area (Å²) < 4.78 is 41.8. The summed E-state index contributed by atoms with van der Waals surface area (Å²) in [7, 11) is 0. The van der Waals surface area contributed by atoms with Gasteiger partial charge in [-0.3, -0.25) is 4.79 Å². The van der Waals surface area contributed by atoms with Gasteiger partial charge in [0.2, 0.25) is 6.41 Å². The summed E-state index contributed by atoms with van der Waals surface area (Å²) in [5.41, 5.74) is 2.25. The Kier molecular flexibility index (Phi) is 4.87. The molecule has 0 aliphatic heterocycles. The molecule has 1 aromatic heterocycles. The molecule has 1 heterocycles. The molecule has 0 aliphatic carbocycles. The Morgan fingerprint density at radius 1 is 1.08 bits per heavy atom. The van der Waals surface area contributed by atoms with Crippen molar-refractivity contribution in [3.63, 3.8) is 0 Å². The zero-order valence-corrected chi connectivity index (χ0v) is 13.3. The van der Waals surface area contributed by atoms with E-state index in [2.05, 4.69) is 20.1 Å². The maximum atomic E-state index is 12.2. The lowest BCUT2D eigenvalue weighted by atomic mass is 10.1. The SMILES string of the molecule is O=CNCc1ccc(-c2ncn(-c3ccc(OC(F)(F)F)cc3)n2)cc1. The molecule has 0 unspecified atom stereocenters. The van der Waals surface area contributed by atoms with Crippen molar-refractivity contribution in [2.24, 2.45) is 0 Å². The number of alkyl halides is 3. The van der Waals surface area contributed by atoms with E-state index in [4.69, 9.17) is 0 Å². The number of aromatic nitrogens is 3. The summed E-state index contributed by atoms with van der Waals surface area (Å²) in [5, 5.41) is 6.89. The smallest absolute Gasteiger partial charge is 0.406 e. The average Bonchev–Trinajstić information content (AvgIpc) is 3.10. The van der Waals surface area contributed by atoms with E-state index in [1.54, 1.807) is 0 Å². The highest BCUT2D eigenvalue weighted by Crippen LogP contribution is 2.24. The molecule has 0 saturated heterocycles. The summed E-state index contributed by atoms with van der Waals surface area (Å²) in [4.78, 5) is 14.5. The molecule has 0 saturated carbocycles. The second-order valence-corrected chi connectivity index (χ2v) is 5.25. The van der Waals surface area contributed by atoms with Gasteiger partial charge in [-0.15, -0.1) is 18.3 Å². The Morgan fingerprint density at radius 3 is 2.38 bits per heavy atom. The van der Waals surface area contributed by atoms with Crippen LogP contribution in [0.25, 0.3) is 17.1 Å². The van der Waals surface area contributed by atoms with E-state index in [0.717, 1.165) is 11.1 Å². The highest BCUT2D eigenvalue weighted by Gasteiger charge is 2.30. The molecule has 3 aromatic rings. The molecule has 1 amide bonds. The number of nitrogens with zero attached hydrogens (tertiary/aromatic N) is 3. The topological polar surface area (TPSA) is 69.0 Å². The number of nitrogens with one attached hydrogen (secondary N) is 1. The highest BCUT2D eigenvalue weighted by molar-refractivity contribution is 5.55. The highest BCUT2D eigenvalue weighted by atomic mass is 19.4. The first-order valence-corrected chi connectivity index (χ1v) is 7.49. The molecule has 0 bridgehead atoms. The number of benzene rings is 2. The first-order valence-electron chi connectivity index (χ1n) is 7.49. The number of rotatable bonds is 6. The second kappa shape index (κ2) is 7.26. The predicted octanol–water partition coefficient (Wildman–Crippen LogP) is 3.08. The van der Waals surface area contributed by atoms with Crippen molar-refractivity contribution < 1.29 is 22.7 Å². The van der Waals surface area contributed by atoms with Crippen molar-refractivity contribution in [1.82, 2.24) is 20.1 Å². The minimum Gasteiger partial charge on any atom is -0.406 e. The third kappa shape index (κ3) is 4.38. The molecule has 0 spiro atoms. The number of carbonyl (C=O) groups excluding carboxylic acids is 1. The Labute approximate surface area is 146 Å². The van der Waals surface area contributed by atoms with Gasteiger partial charge in [-0.2, -0.15) is 0 Å². The van der Waals surface area contributed by atoms with Crippen LogP contribution in [0.5, 0.6) is 5.75 Å². The Balaban J connectivity index is 1.74. The number of hydrogen-bond acceptors (Lipinski definition) is 4. The summed E-state index contributed by atoms with van der Waals surface area (Å²) in [6, 6.07) is 12.6. The summed E-state index contributed by atoms with van der Waals surface area (Å²) in [6.45, 7) is 0.429. The molecule has 1 N–H and O–H groups in total. The molecular formula is C17H13F3N4O2. The largest absolute Gasteiger partial charge is 0.573 e. The molecule has 0 aliphatic rings. The zero-order chi connectivity index (χ0) is 18.6. The molecular weight excluding hydrogens is 349 g/mol. The van der Waals surface area contributed by atoms with Crippen LogP contribution in [0, 0.1) is 0 Å². The maximum absolute atomic E-state index is 12.2. The zero-order valence-electron chi connectivity index (χ0n) is 13.3. The van der Waals surface area contributed by atoms with Gasteiger partial charge in [-0.1, -0.05) is 24.3 Å². The molecule has 9 heteroatoms. The van der Waals surface area contributed by atoms with Gasteiger partial charge in [0.25, 0.3) is 0 Å². The normalized spacial score (nSPS) is 11.2. The van der Waals surface area contributed by atoms with Crippen molar-refractivity contribution in [3.05, 3.63) is 60.4 Å². The van der Waals surface area contributed by atoms with Crippen molar-refractivity contribution in [2.75, 3.05) is 0 Å². The van der Waals surface area contributed by atoms with Gasteiger partial charge in [-0.25, -0.2) is 9.67 Å². The number of ether oxygens (including phenoxy) is 1. The van der Waals surface area contributed by atoms with E-state index in [9.17, 15) is 18.0 Å². The molecule has 26 heavy (non-hydrogen) atoms. The van der Waals surface area contributed by atoms with Crippen LogP contribution in [0.4, 0.5) is 13.2 Å². The van der Waals surface area contributed by atoms with Crippen molar-refractivity contribution in [1.29, 1.82) is 0 Å². The van der Waals surface area contributed by atoms with Gasteiger partial charge in [0.1, 0.15) is 12.1 Å². The van der Waals surface area contributed by atoms with Gasteiger partial charge in [0.05, 0.1) is 5.69 Å². The van der Waals surface area contributed by atoms with Crippen LogP contribution < -0.4 is 10.1 Å². The molecule has 134 valence electrons. The van der Waals surface area contributed by atoms with Crippen LogP contribution in [-0.4, -0.2) is 27.5 Å². The van der Waals surface area contributed by atoms with Crippen LogP contribution in [0.2, 0.25) is 0 Å². The van der Waals surface area contributed by atoms with E-state index in [0.29, 0.717) is 24.5 Å². The lowest BCUT2D eigenvalue weighted by molar-refractivity contribution is -0.274. The van der Waals surface area contributed by atoms with Crippen LogP contribution in [0.3, 0.4) is 0 Å². The Hall–Kier alpha value is -3.36. The molecule has 0 fully saturated rings. The summed E-state index contributed by atoms with van der Waals surface area (Å²) >= 11 is 0. The van der Waals surface area contributed by atoms with Gasteiger partial charge >= 0.3 is 6.36 Å². The quantitative estimate of drug-likeness (QED) is 0.685. The monoisotopic (exact) mass is 362 g/mol. The first-order chi connectivity index (χ1) is 12.4. The molecule has 6 nitrogen and oxygen atoms in total. The maximum Gasteiger partial charge on any atom is 0.573 e. The Morgan fingerprint density at radius 2 is 1.77 bits per heavy atom. The van der Waals surface area contributed by atoms with E-state index >= 15 is 0 Å². The van der Waals surface area contributed by atoms with E-state index < -0.39 is 6.36 Å². The summed E-state index contributed by atoms with van der Waals surface area (Å²) in [5.74, 6) is 0.164. The summed E-state index contributed by atoms with van der Waals surface area (Å²) in [6.07, 6.45) is -2.63. The second-order valence-electron chi connectivity index (χ2n) is 5.25. The van der Waals surface area contributed by atoms with Gasteiger partial charge in [-0.05, 0) is 29.8 Å². The fourth-order valence-corrected chi connectivity index (χ4v) is 2.25. The Bertz CT molecular complexity index is 874. The third-order valence-corrected chi connectivity index (χ3v) is 3.43. The molecule has 0 atom stereocenters. The minimum absolute atomic E-state index is 0.305. The minimum atomic E-state index is -4.73. The fraction of sp³-hybridized carbons (Fsp3) is 0.118. The lowest BCUT2D eigenvalue weighted by Gasteiger charge is -2.09. The lowest BCUT2D eigenvalue weighted by Crippen LogP contribution is -2.17. The number of amides is 1. The first kappa shape index (κ1) is 17.5. The van der Waals surface area contributed by atoms with Crippen LogP contribution in [-0.2, 0) is 11.3 Å². The molecule has 2 aromatic carbocycles. The van der Waals surface area contributed by atoms with Crippen LogP contribution >= 0.6 is 0 Å². The van der Waals surface area contributed by atoms with E-state index in [1.807, 2.05) is 24.3 Å². The molecule has 0 radical (unpaired) electrons. The molecule has 3 rings (SSSR count). The van der Waals surface area contributed by atoms with Crippen molar-refractivity contribution in [2.45, 2.75) is 12.9 Å². The third-order valence-electron chi connectivity index (χ3n) is 3.43. The van der Waals surface area contributed by atoms with Gasteiger partial charge < -0.3 is 10.1 Å². The van der Waals surface area contributed by atoms with E-state index in [1.165, 1.54) is 35.3 Å². The van der Waals surface area contributed by atoms with Crippen molar-refractivity contribution in [3.8, 4) is 22.8 Å². The van der Waals surface area contributed by atoms with Crippen LogP contribution in [0.15, 0.2) is 54.9 Å². The number of hydrogen-bond donors (Lipinski definition) is 1. The van der Waals surface area contributed by atoms with E-state index in [-0.39, 0.29) is 5.75 Å². The van der Waals surface area contributed by atoms with Crippen LogP contribution in [0.1, 0.15) is 5.56 Å². The number of halogens is 3.